The van der Waals surface area contributed by atoms with Crippen LogP contribution in [0.1, 0.15) is 26.3 Å². The normalized spacial score (nSPS) is 13.5. The average Bonchev–Trinajstić information content (AvgIpc) is 3.06. The molecule has 15 nitrogen and oxygen atoms in total. The number of ketones is 1. The maximum atomic E-state index is 13.7. The third-order valence-electron chi connectivity index (χ3n) is 7.26. The number of carboxylic acid groups (broad SMARTS) is 1. The molecular formula is C33H22N8Na2O7S. The molecule has 51 heavy (non-hydrogen) atoms. The first-order valence-electron chi connectivity index (χ1n) is 14.1. The van der Waals surface area contributed by atoms with Crippen molar-refractivity contribution >= 4 is 84.2 Å². The number of benzene rings is 5. The van der Waals surface area contributed by atoms with Crippen molar-refractivity contribution < 1.29 is 91.9 Å². The number of nitrogens with one attached hydrogen (secondary N) is 1. The number of anilines is 3. The molecule has 0 aromatic heterocycles. The van der Waals surface area contributed by atoms with E-state index in [0.717, 1.165) is 18.2 Å². The van der Waals surface area contributed by atoms with Gasteiger partial charge in [0.2, 0.25) is 5.78 Å². The van der Waals surface area contributed by atoms with Crippen molar-refractivity contribution in [1.82, 2.24) is 0 Å². The van der Waals surface area contributed by atoms with E-state index in [9.17, 15) is 32.8 Å². The first-order chi connectivity index (χ1) is 23.4. The molecule has 1 aliphatic rings. The van der Waals surface area contributed by atoms with E-state index in [1.165, 1.54) is 30.3 Å². The number of hydrogen-bond donors (Lipinski definition) is 4. The Morgan fingerprint density at radius 2 is 1.43 bits per heavy atom. The molecule has 0 bridgehead atoms. The molecule has 1 aliphatic carbocycles. The number of nitrogen functional groups attached to an aromatic ring is 2. The minimum atomic E-state index is -4.90. The summed E-state index contributed by atoms with van der Waals surface area (Å²) in [6.07, 6.45) is 1.12. The summed E-state index contributed by atoms with van der Waals surface area (Å²) >= 11 is 0. The molecule has 0 saturated carbocycles. The Balaban J connectivity index is 0.00000292. The number of nitrogens with two attached hydrogens (primary N) is 2. The summed E-state index contributed by atoms with van der Waals surface area (Å²) in [6.45, 7) is 0. The number of allylic oxidation sites excluding steroid dienone is 1. The third kappa shape index (κ3) is 8.58. The van der Waals surface area contributed by atoms with Crippen LogP contribution in [0.2, 0.25) is 0 Å². The fraction of sp³-hybridized carbons (Fsp3) is 0. The second-order valence-corrected chi connectivity index (χ2v) is 11.9. The monoisotopic (exact) mass is 720 g/mol. The van der Waals surface area contributed by atoms with Crippen molar-refractivity contribution in [1.29, 1.82) is 0 Å². The number of fused-ring (bicyclic) bond motifs is 2. The molecule has 0 aliphatic heterocycles. The van der Waals surface area contributed by atoms with Gasteiger partial charge in [0.1, 0.15) is 10.6 Å². The van der Waals surface area contributed by atoms with Gasteiger partial charge in [-0.25, -0.2) is 0 Å². The molecule has 244 valence electrons. The number of nitrogens with zero attached hydrogens (tertiary/aromatic N) is 5. The maximum absolute atomic E-state index is 13.7. The molecule has 5 aromatic carbocycles. The van der Waals surface area contributed by atoms with Crippen LogP contribution in [-0.2, 0) is 10.1 Å². The molecule has 0 unspecified atom stereocenters. The van der Waals surface area contributed by atoms with Gasteiger partial charge in [0.15, 0.2) is 5.71 Å². The molecule has 5 aromatic rings. The van der Waals surface area contributed by atoms with E-state index in [2.05, 4.69) is 31.0 Å². The Bertz CT molecular complexity index is 2450. The van der Waals surface area contributed by atoms with Crippen LogP contribution in [0.4, 0.5) is 39.8 Å². The number of carbonyl (C=O) groups excluding carboxylic acids is 2. The Labute approximate surface area is 334 Å². The first-order valence-corrected chi connectivity index (χ1v) is 15.6. The van der Waals surface area contributed by atoms with Crippen molar-refractivity contribution in [3.63, 3.8) is 0 Å². The molecule has 0 fully saturated rings. The second kappa shape index (κ2) is 16.1. The number of Topliss-reactive ketones (excluding diaryl/α,β-unsaturated/α-hetero) is 1. The number of azo groups is 2. The van der Waals surface area contributed by atoms with E-state index in [1.54, 1.807) is 48.5 Å². The Kier molecular flexibility index (Phi) is 12.3. The number of rotatable bonds is 8. The number of carboxylic acids is 1. The molecule has 0 amide bonds. The molecule has 6 rings (SSSR count). The van der Waals surface area contributed by atoms with Crippen molar-refractivity contribution in [2.24, 2.45) is 25.6 Å². The zero-order valence-corrected chi connectivity index (χ0v) is 31.7. The predicted molar refractivity (Wildman–Crippen MR) is 179 cm³/mol. The Morgan fingerprint density at radius 3 is 2.12 bits per heavy atom. The number of aromatic carboxylic acids is 1. The van der Waals surface area contributed by atoms with Gasteiger partial charge in [0.25, 0.3) is 10.1 Å². The summed E-state index contributed by atoms with van der Waals surface area (Å²) in [5.74, 6) is -3.17. The molecule has 0 atom stereocenters. The SMILES string of the molecule is Nc1ccc(N=Nc2ccc3c(c2)C(=O)C(=NNc2ccc(N=Nc4ccc([O-])c(C(=O)[O-])c4)c4ccccc24)C(S(=O)(=O)O)=C3)c(N)c1.[Na+].[Na+]. The quantitative estimate of drug-likeness (QED) is 0.0509. The first kappa shape index (κ1) is 39.0. The minimum absolute atomic E-state index is 0. The Hall–Kier alpha value is -4.78. The van der Waals surface area contributed by atoms with Crippen LogP contribution >= 0.6 is 0 Å². The van der Waals surface area contributed by atoms with Crippen LogP contribution in [0.25, 0.3) is 16.8 Å². The van der Waals surface area contributed by atoms with Gasteiger partial charge in [-0.2, -0.15) is 23.7 Å². The van der Waals surface area contributed by atoms with Crippen molar-refractivity contribution in [3.8, 4) is 5.75 Å². The second-order valence-electron chi connectivity index (χ2n) is 10.5. The van der Waals surface area contributed by atoms with Crippen molar-refractivity contribution in [2.75, 3.05) is 16.9 Å². The van der Waals surface area contributed by atoms with Crippen LogP contribution in [0.5, 0.6) is 5.75 Å². The van der Waals surface area contributed by atoms with Crippen LogP contribution in [0.15, 0.2) is 121 Å². The van der Waals surface area contributed by atoms with Gasteiger partial charge in [-0.15, -0.1) is 10.2 Å². The number of hydrazone groups is 1. The van der Waals surface area contributed by atoms with Gasteiger partial charge in [-0.05, 0) is 71.8 Å². The van der Waals surface area contributed by atoms with Gasteiger partial charge in [-0.3, -0.25) is 14.8 Å². The van der Waals surface area contributed by atoms with Gasteiger partial charge in [-0.1, -0.05) is 42.1 Å². The molecule has 0 heterocycles. The zero-order valence-electron chi connectivity index (χ0n) is 26.9. The molecule has 0 radical (unpaired) electrons. The minimum Gasteiger partial charge on any atom is -0.872 e. The van der Waals surface area contributed by atoms with E-state index < -0.39 is 43.8 Å². The standard InChI is InChI=1S/C33H24N8O7S.2Na/c34-18-6-9-28(25(35)14-18)40-37-19-7-5-17-13-30(49(46,47)48)31(32(43)23(17)15-19)41-39-27-11-10-26(21-3-1-2-4-22(21)27)38-36-20-8-12-29(42)24(16-20)33(44)45;;/h1-16,39,42H,34-35H2,(H,44,45)(H,46,47,48);;/q;2*+1/p-2. The number of hydrogen-bond acceptors (Lipinski definition) is 14. The summed E-state index contributed by atoms with van der Waals surface area (Å²) in [4.78, 5) is 24.2. The van der Waals surface area contributed by atoms with E-state index in [0.29, 0.717) is 39.2 Å². The van der Waals surface area contributed by atoms with Crippen molar-refractivity contribution in [2.45, 2.75) is 0 Å². The Morgan fingerprint density at radius 1 is 0.784 bits per heavy atom. The molecular weight excluding hydrogens is 698 g/mol. The van der Waals surface area contributed by atoms with Crippen molar-refractivity contribution in [3.05, 3.63) is 113 Å². The summed E-state index contributed by atoms with van der Waals surface area (Å²) in [6, 6.07) is 22.5. The van der Waals surface area contributed by atoms with Gasteiger partial charge >= 0.3 is 59.1 Å². The largest absolute Gasteiger partial charge is 1.00 e. The zero-order chi connectivity index (χ0) is 34.9. The number of carbonyl (C=O) groups is 2. The van der Waals surface area contributed by atoms with Gasteiger partial charge < -0.3 is 26.5 Å². The van der Waals surface area contributed by atoms with Crippen LogP contribution < -0.4 is 86.2 Å². The summed E-state index contributed by atoms with van der Waals surface area (Å²) in [5, 5.41) is 44.7. The van der Waals surface area contributed by atoms with E-state index in [4.69, 9.17) is 11.5 Å². The average molecular weight is 721 g/mol. The van der Waals surface area contributed by atoms with E-state index >= 15 is 0 Å². The summed E-state index contributed by atoms with van der Waals surface area (Å²) in [5.41, 5.74) is 15.7. The van der Waals surface area contributed by atoms with Gasteiger partial charge in [0, 0.05) is 22.0 Å². The fourth-order valence-electron chi connectivity index (χ4n) is 4.89. The molecule has 18 heteroatoms. The smallest absolute Gasteiger partial charge is 0.872 e. The van der Waals surface area contributed by atoms with Crippen LogP contribution in [0.3, 0.4) is 0 Å². The van der Waals surface area contributed by atoms with E-state index in [-0.39, 0.29) is 81.6 Å². The molecule has 6 N–H and O–H groups in total. The maximum Gasteiger partial charge on any atom is 1.00 e. The van der Waals surface area contributed by atoms with Crippen LogP contribution in [-0.4, -0.2) is 30.4 Å². The van der Waals surface area contributed by atoms with Gasteiger partial charge in [0.05, 0.1) is 34.4 Å². The molecule has 0 saturated heterocycles. The summed E-state index contributed by atoms with van der Waals surface area (Å²) < 4.78 is 34.7. The predicted octanol–water partition coefficient (Wildman–Crippen LogP) is -0.827. The fourth-order valence-corrected chi connectivity index (χ4v) is 5.55. The van der Waals surface area contributed by atoms with E-state index in [1.807, 2.05) is 0 Å². The third-order valence-corrected chi connectivity index (χ3v) is 8.13. The van der Waals surface area contributed by atoms with Crippen LogP contribution in [0, 0.1) is 0 Å². The summed E-state index contributed by atoms with van der Waals surface area (Å²) in [7, 11) is -4.90. The molecule has 0 spiro atoms. The topological polar surface area (TPSA) is 260 Å².